The molecule has 2 rings (SSSR count). The Kier molecular flexibility index (Phi) is 3.96. The molecule has 0 aliphatic carbocycles. The van der Waals surface area contributed by atoms with E-state index in [9.17, 15) is 4.79 Å². The number of rotatable bonds is 3. The highest BCUT2D eigenvalue weighted by atomic mass is 79.9. The summed E-state index contributed by atoms with van der Waals surface area (Å²) < 4.78 is 0.975. The van der Waals surface area contributed by atoms with Crippen LogP contribution < -0.4 is 0 Å². The normalized spacial score (nSPS) is 10.5. The summed E-state index contributed by atoms with van der Waals surface area (Å²) >= 11 is 6.50. The van der Waals surface area contributed by atoms with E-state index in [2.05, 4.69) is 20.9 Å². The summed E-state index contributed by atoms with van der Waals surface area (Å²) in [6, 6.07) is 1.85. The highest BCUT2D eigenvalue weighted by Gasteiger charge is 2.14. The molecule has 0 saturated heterocycles. The van der Waals surface area contributed by atoms with E-state index >= 15 is 0 Å². The molecule has 0 atom stereocenters. The predicted octanol–water partition coefficient (Wildman–Crippen LogP) is 3.55. The zero-order chi connectivity index (χ0) is 12.4. The second-order valence-corrected chi connectivity index (χ2v) is 7.26. The van der Waals surface area contributed by atoms with Crippen LogP contribution in [0.3, 0.4) is 0 Å². The molecule has 6 heteroatoms. The van der Waals surface area contributed by atoms with Gasteiger partial charge in [0.1, 0.15) is 0 Å². The van der Waals surface area contributed by atoms with Crippen molar-refractivity contribution in [2.75, 3.05) is 7.05 Å². The lowest BCUT2D eigenvalue weighted by Gasteiger charge is -2.14. The van der Waals surface area contributed by atoms with Gasteiger partial charge in [0, 0.05) is 23.5 Å². The van der Waals surface area contributed by atoms with Crippen LogP contribution >= 0.6 is 38.6 Å². The second-order valence-electron chi connectivity index (χ2n) is 3.65. The van der Waals surface area contributed by atoms with Crippen molar-refractivity contribution in [3.8, 4) is 0 Å². The summed E-state index contributed by atoms with van der Waals surface area (Å²) in [6.45, 7) is 2.57. The second kappa shape index (κ2) is 5.29. The van der Waals surface area contributed by atoms with Crippen molar-refractivity contribution in [3.05, 3.63) is 36.9 Å². The number of aromatic nitrogens is 1. The van der Waals surface area contributed by atoms with E-state index in [1.54, 1.807) is 16.2 Å². The Bertz CT molecular complexity index is 535. The fraction of sp³-hybridized carbons (Fsp3) is 0.273. The Morgan fingerprint density at radius 1 is 1.59 bits per heavy atom. The Balaban J connectivity index is 2.05. The number of thiazole rings is 1. The maximum Gasteiger partial charge on any atom is 0.254 e. The fourth-order valence-electron chi connectivity index (χ4n) is 1.43. The number of hydrogen-bond donors (Lipinski definition) is 0. The molecule has 0 aliphatic rings. The Labute approximate surface area is 116 Å². The summed E-state index contributed by atoms with van der Waals surface area (Å²) in [5, 5.41) is 2.89. The number of halogens is 1. The van der Waals surface area contributed by atoms with Gasteiger partial charge in [0.05, 0.1) is 20.9 Å². The van der Waals surface area contributed by atoms with Gasteiger partial charge in [-0.05, 0) is 28.9 Å². The van der Waals surface area contributed by atoms with E-state index < -0.39 is 0 Å². The summed E-state index contributed by atoms with van der Waals surface area (Å²) in [5.74, 6) is 0.0398. The molecule has 0 fully saturated rings. The lowest BCUT2D eigenvalue weighted by atomic mass is 10.3. The molecule has 2 heterocycles. The van der Waals surface area contributed by atoms with E-state index in [-0.39, 0.29) is 5.91 Å². The molecule has 0 saturated carbocycles. The molecule has 0 aromatic carbocycles. The highest BCUT2D eigenvalue weighted by Crippen LogP contribution is 2.22. The van der Waals surface area contributed by atoms with Gasteiger partial charge >= 0.3 is 0 Å². The molecule has 1 amide bonds. The lowest BCUT2D eigenvalue weighted by Crippen LogP contribution is -2.25. The third-order valence-electron chi connectivity index (χ3n) is 2.22. The van der Waals surface area contributed by atoms with Crippen LogP contribution in [-0.4, -0.2) is 22.8 Å². The maximum absolute atomic E-state index is 12.1. The van der Waals surface area contributed by atoms with Gasteiger partial charge in [0.15, 0.2) is 0 Å². The number of carbonyl (C=O) groups excluding carboxylic acids is 1. The Morgan fingerprint density at radius 2 is 2.35 bits per heavy atom. The van der Waals surface area contributed by atoms with Gasteiger partial charge in [0.25, 0.3) is 5.91 Å². The monoisotopic (exact) mass is 330 g/mol. The lowest BCUT2D eigenvalue weighted by molar-refractivity contribution is 0.0787. The minimum absolute atomic E-state index is 0.0398. The van der Waals surface area contributed by atoms with Crippen LogP contribution in [0, 0.1) is 6.92 Å². The first-order chi connectivity index (χ1) is 8.06. The van der Waals surface area contributed by atoms with Gasteiger partial charge in [-0.2, -0.15) is 0 Å². The first-order valence-electron chi connectivity index (χ1n) is 4.97. The van der Waals surface area contributed by atoms with Gasteiger partial charge in [-0.15, -0.1) is 22.7 Å². The average molecular weight is 331 g/mol. The van der Waals surface area contributed by atoms with Gasteiger partial charge in [-0.3, -0.25) is 4.79 Å². The number of hydrogen-bond acceptors (Lipinski definition) is 4. The first kappa shape index (κ1) is 12.7. The molecule has 90 valence electrons. The molecule has 0 aliphatic heterocycles. The molecule has 2 aromatic heterocycles. The van der Waals surface area contributed by atoms with Crippen LogP contribution in [0.1, 0.15) is 20.2 Å². The van der Waals surface area contributed by atoms with E-state index in [4.69, 9.17) is 0 Å². The van der Waals surface area contributed by atoms with Gasteiger partial charge in [-0.1, -0.05) is 0 Å². The summed E-state index contributed by atoms with van der Waals surface area (Å²) in [5.41, 5.74) is 0.727. The van der Waals surface area contributed by atoms with Gasteiger partial charge in [-0.25, -0.2) is 4.98 Å². The summed E-state index contributed by atoms with van der Waals surface area (Å²) in [4.78, 5) is 19.1. The summed E-state index contributed by atoms with van der Waals surface area (Å²) in [7, 11) is 1.81. The number of aryl methyl sites for hydroxylation is 1. The third-order valence-corrected chi connectivity index (χ3v) is 4.63. The molecule has 17 heavy (non-hydrogen) atoms. The predicted molar refractivity (Wildman–Crippen MR) is 74.7 cm³/mol. The largest absolute Gasteiger partial charge is 0.336 e. The molecule has 0 bridgehead atoms. The molecule has 3 nitrogen and oxygen atoms in total. The van der Waals surface area contributed by atoms with Crippen LogP contribution in [0.2, 0.25) is 0 Å². The van der Waals surface area contributed by atoms with Crippen molar-refractivity contribution in [2.45, 2.75) is 13.5 Å². The van der Waals surface area contributed by atoms with E-state index in [1.807, 2.05) is 31.6 Å². The zero-order valence-corrected chi connectivity index (χ0v) is 12.7. The smallest absolute Gasteiger partial charge is 0.254 e. The quantitative estimate of drug-likeness (QED) is 0.862. The van der Waals surface area contributed by atoms with E-state index in [0.717, 1.165) is 19.2 Å². The van der Waals surface area contributed by atoms with Crippen LogP contribution in [0.5, 0.6) is 0 Å². The topological polar surface area (TPSA) is 33.2 Å². The first-order valence-corrected chi connectivity index (χ1v) is 7.46. The minimum Gasteiger partial charge on any atom is -0.336 e. The van der Waals surface area contributed by atoms with Crippen LogP contribution in [0.4, 0.5) is 0 Å². The van der Waals surface area contributed by atoms with Crippen molar-refractivity contribution >= 4 is 44.5 Å². The van der Waals surface area contributed by atoms with Gasteiger partial charge < -0.3 is 4.90 Å². The van der Waals surface area contributed by atoms with Crippen molar-refractivity contribution in [3.63, 3.8) is 0 Å². The molecule has 0 unspecified atom stereocenters. The van der Waals surface area contributed by atoms with Crippen molar-refractivity contribution in [1.82, 2.24) is 9.88 Å². The Hall–Kier alpha value is -0.720. The number of amides is 1. The molecule has 0 radical (unpaired) electrons. The molecular formula is C11H11BrN2OS2. The number of carbonyl (C=O) groups is 1. The van der Waals surface area contributed by atoms with Crippen molar-refractivity contribution in [1.29, 1.82) is 0 Å². The van der Waals surface area contributed by atoms with E-state index in [0.29, 0.717) is 6.54 Å². The van der Waals surface area contributed by atoms with Crippen LogP contribution in [-0.2, 0) is 6.54 Å². The van der Waals surface area contributed by atoms with Crippen LogP contribution in [0.15, 0.2) is 21.4 Å². The van der Waals surface area contributed by atoms with E-state index in [1.165, 1.54) is 11.3 Å². The third kappa shape index (κ3) is 3.14. The zero-order valence-electron chi connectivity index (χ0n) is 9.44. The molecule has 2 aromatic rings. The SMILES string of the molecule is Cc1ncc(CN(C)C(=O)c2csc(Br)c2)s1. The standard InChI is InChI=1S/C11H11BrN2OS2/c1-7-13-4-9(17-7)5-14(2)11(15)8-3-10(12)16-6-8/h3-4,6H,5H2,1-2H3. The molecule has 0 N–H and O–H groups in total. The minimum atomic E-state index is 0.0398. The van der Waals surface area contributed by atoms with Gasteiger partial charge in [0.2, 0.25) is 0 Å². The maximum atomic E-state index is 12.1. The average Bonchev–Trinajstić information content (AvgIpc) is 2.87. The van der Waals surface area contributed by atoms with Crippen molar-refractivity contribution in [2.24, 2.45) is 0 Å². The molecule has 0 spiro atoms. The molecular weight excluding hydrogens is 320 g/mol. The number of nitrogens with zero attached hydrogens (tertiary/aromatic N) is 2. The van der Waals surface area contributed by atoms with Crippen molar-refractivity contribution < 1.29 is 4.79 Å². The Morgan fingerprint density at radius 3 is 2.88 bits per heavy atom. The number of thiophene rings is 1. The highest BCUT2D eigenvalue weighted by molar-refractivity contribution is 9.11. The van der Waals surface area contributed by atoms with Crippen LogP contribution in [0.25, 0.3) is 0 Å². The fourth-order valence-corrected chi connectivity index (χ4v) is 3.41. The summed E-state index contributed by atoms with van der Waals surface area (Å²) in [6.07, 6.45) is 1.83.